The quantitative estimate of drug-likeness (QED) is 0.804. The number of rotatable bonds is 6. The second-order valence-electron chi connectivity index (χ2n) is 8.67. The van der Waals surface area contributed by atoms with Crippen molar-refractivity contribution in [3.05, 3.63) is 30.3 Å². The number of hydrogen-bond acceptors (Lipinski definition) is 5. The minimum absolute atomic E-state index is 0.146. The predicted molar refractivity (Wildman–Crippen MR) is 108 cm³/mol. The Hall–Kier alpha value is -2.12. The van der Waals surface area contributed by atoms with Crippen LogP contribution in [0.1, 0.15) is 27.2 Å². The number of benzene rings is 1. The van der Waals surface area contributed by atoms with E-state index in [0.717, 1.165) is 0 Å². The van der Waals surface area contributed by atoms with E-state index < -0.39 is 23.7 Å². The van der Waals surface area contributed by atoms with Crippen LogP contribution < -0.4 is 4.74 Å². The van der Waals surface area contributed by atoms with Crippen molar-refractivity contribution in [1.29, 1.82) is 0 Å². The van der Waals surface area contributed by atoms with Gasteiger partial charge < -0.3 is 19.6 Å². The van der Waals surface area contributed by atoms with E-state index in [-0.39, 0.29) is 5.91 Å². The number of β-amino-alcohol motifs (C(OH)–C–C–N with tert-alkyl or cyclic N) is 1. The zero-order valence-electron chi connectivity index (χ0n) is 17.6. The fourth-order valence-electron chi connectivity index (χ4n) is 3.37. The number of nitrogens with zero attached hydrogens (tertiary/aromatic N) is 3. The van der Waals surface area contributed by atoms with Crippen LogP contribution in [0.15, 0.2) is 30.3 Å². The summed E-state index contributed by atoms with van der Waals surface area (Å²) >= 11 is 0. The molecule has 156 valence electrons. The van der Waals surface area contributed by atoms with Gasteiger partial charge in [-0.05, 0) is 38.1 Å². The number of likely N-dealkylation sites (N-methyl/N-ethyl adjacent to an activating group) is 1. The van der Waals surface area contributed by atoms with E-state index in [4.69, 9.17) is 4.74 Å². The van der Waals surface area contributed by atoms with Crippen molar-refractivity contribution in [2.75, 3.05) is 40.3 Å². The summed E-state index contributed by atoms with van der Waals surface area (Å²) in [5, 5.41) is 9.85. The number of carbonyl (C=O) groups excluding carboxylic acids is 2. The molecule has 7 heteroatoms. The van der Waals surface area contributed by atoms with Gasteiger partial charge in [0.25, 0.3) is 0 Å². The van der Waals surface area contributed by atoms with Gasteiger partial charge >= 0.3 is 6.09 Å². The third-order valence-corrected chi connectivity index (χ3v) is 4.81. The maximum atomic E-state index is 13.3. The third-order valence-electron chi connectivity index (χ3n) is 4.81. The van der Waals surface area contributed by atoms with Crippen molar-refractivity contribution in [2.45, 2.75) is 39.3 Å². The van der Waals surface area contributed by atoms with Crippen molar-refractivity contribution >= 4 is 12.0 Å². The average molecular weight is 392 g/mol. The molecular weight excluding hydrogens is 358 g/mol. The second-order valence-corrected chi connectivity index (χ2v) is 8.67. The van der Waals surface area contributed by atoms with Gasteiger partial charge in [-0.2, -0.15) is 0 Å². The molecule has 1 saturated heterocycles. The lowest BCUT2D eigenvalue weighted by Gasteiger charge is -2.40. The molecule has 28 heavy (non-hydrogen) atoms. The van der Waals surface area contributed by atoms with Crippen molar-refractivity contribution < 1.29 is 19.4 Å². The Labute approximate surface area is 167 Å². The van der Waals surface area contributed by atoms with Crippen LogP contribution in [-0.2, 0) is 4.79 Å². The van der Waals surface area contributed by atoms with Crippen LogP contribution in [0, 0.1) is 5.41 Å². The van der Waals surface area contributed by atoms with Gasteiger partial charge in [0.05, 0.1) is 6.10 Å². The summed E-state index contributed by atoms with van der Waals surface area (Å²) in [4.78, 5) is 31.5. The molecule has 2 atom stereocenters. The lowest BCUT2D eigenvalue weighted by molar-refractivity contribution is -0.139. The first-order valence-corrected chi connectivity index (χ1v) is 9.74. The van der Waals surface area contributed by atoms with E-state index >= 15 is 0 Å². The molecule has 0 radical (unpaired) electrons. The molecule has 0 bridgehead atoms. The number of para-hydroxylation sites is 1. The predicted octanol–water partition coefficient (Wildman–Crippen LogP) is 2.06. The number of amides is 2. The molecule has 1 aliphatic rings. The van der Waals surface area contributed by atoms with E-state index in [1.54, 1.807) is 29.2 Å². The average Bonchev–Trinajstić information content (AvgIpc) is 3.04. The molecule has 7 nitrogen and oxygen atoms in total. The number of aliphatic hydroxyl groups excluding tert-OH is 1. The van der Waals surface area contributed by atoms with E-state index in [1.165, 1.54) is 4.90 Å². The highest BCUT2D eigenvalue weighted by Crippen LogP contribution is 2.28. The number of carbonyl (C=O) groups is 2. The molecule has 0 spiro atoms. The molecule has 2 amide bonds. The summed E-state index contributed by atoms with van der Waals surface area (Å²) in [7, 11) is 3.84. The van der Waals surface area contributed by atoms with Crippen LogP contribution in [-0.4, -0.2) is 84.2 Å². The Morgan fingerprint density at radius 1 is 1.21 bits per heavy atom. The van der Waals surface area contributed by atoms with Gasteiger partial charge in [0.15, 0.2) is 0 Å². The topological polar surface area (TPSA) is 73.3 Å². The Balaban J connectivity index is 2.29. The summed E-state index contributed by atoms with van der Waals surface area (Å²) in [5.74, 6) is 0.298. The van der Waals surface area contributed by atoms with Crippen LogP contribution in [0.25, 0.3) is 0 Å². The first-order chi connectivity index (χ1) is 13.1. The minimum Gasteiger partial charge on any atom is -0.410 e. The summed E-state index contributed by atoms with van der Waals surface area (Å²) in [6.07, 6.45) is -0.480. The van der Waals surface area contributed by atoms with Crippen molar-refractivity contribution in [1.82, 2.24) is 14.7 Å². The Kier molecular flexibility index (Phi) is 7.43. The lowest BCUT2D eigenvalue weighted by atomic mass is 9.84. The largest absolute Gasteiger partial charge is 0.415 e. The maximum absolute atomic E-state index is 13.3. The number of aliphatic hydroxyl groups is 1. The van der Waals surface area contributed by atoms with Gasteiger partial charge in [-0.3, -0.25) is 9.69 Å². The SMILES string of the molecule is CN(C)CCN(C(=O)Oc1ccccc1)[C@H](C(=O)N1CC[C@@H](O)C1)C(C)(C)C. The van der Waals surface area contributed by atoms with Gasteiger partial charge in [-0.25, -0.2) is 4.79 Å². The number of hydrogen-bond donors (Lipinski definition) is 1. The van der Waals surface area contributed by atoms with Crippen LogP contribution in [0.4, 0.5) is 4.79 Å². The molecule has 1 heterocycles. The molecule has 2 rings (SSSR count). The van der Waals surface area contributed by atoms with Gasteiger partial charge in [-0.15, -0.1) is 0 Å². The maximum Gasteiger partial charge on any atom is 0.415 e. The number of ether oxygens (including phenoxy) is 1. The first kappa shape index (κ1) is 22.2. The van der Waals surface area contributed by atoms with Crippen molar-refractivity contribution in [3.8, 4) is 5.75 Å². The zero-order valence-corrected chi connectivity index (χ0v) is 17.6. The highest BCUT2D eigenvalue weighted by atomic mass is 16.6. The van der Waals surface area contributed by atoms with Crippen LogP contribution in [0.2, 0.25) is 0 Å². The summed E-state index contributed by atoms with van der Waals surface area (Å²) in [5.41, 5.74) is -0.493. The Bertz CT molecular complexity index is 657. The van der Waals surface area contributed by atoms with Crippen molar-refractivity contribution in [2.24, 2.45) is 5.41 Å². The molecule has 0 unspecified atom stereocenters. The summed E-state index contributed by atoms with van der Waals surface area (Å²) in [6.45, 7) is 7.61. The molecule has 1 aromatic rings. The second kappa shape index (κ2) is 9.39. The zero-order chi connectivity index (χ0) is 20.9. The highest BCUT2D eigenvalue weighted by molar-refractivity contribution is 5.87. The van der Waals surface area contributed by atoms with Crippen molar-refractivity contribution in [3.63, 3.8) is 0 Å². The number of likely N-dealkylation sites (tertiary alicyclic amines) is 1. The molecule has 1 aromatic carbocycles. The van der Waals surface area contributed by atoms with Gasteiger partial charge in [0.2, 0.25) is 5.91 Å². The Morgan fingerprint density at radius 2 is 1.86 bits per heavy atom. The molecule has 0 aliphatic carbocycles. The first-order valence-electron chi connectivity index (χ1n) is 9.74. The fraction of sp³-hybridized carbons (Fsp3) is 0.619. The molecule has 0 aromatic heterocycles. The Morgan fingerprint density at radius 3 is 2.36 bits per heavy atom. The van der Waals surface area contributed by atoms with E-state index in [0.29, 0.717) is 38.3 Å². The molecule has 1 fully saturated rings. The monoisotopic (exact) mass is 391 g/mol. The third kappa shape index (κ3) is 5.94. The van der Waals surface area contributed by atoms with Gasteiger partial charge in [-0.1, -0.05) is 39.0 Å². The van der Waals surface area contributed by atoms with E-state index in [9.17, 15) is 14.7 Å². The normalized spacial score (nSPS) is 18.2. The standard InChI is InChI=1S/C21H33N3O4/c1-21(2,3)18(19(26)23-12-11-16(25)15-23)24(14-13-22(4)5)20(27)28-17-9-7-6-8-10-17/h6-10,16,18,25H,11-15H2,1-5H3/t16-,18-/m1/s1. The molecular formula is C21H33N3O4. The van der Waals surface area contributed by atoms with Gasteiger partial charge in [0, 0.05) is 26.2 Å². The van der Waals surface area contributed by atoms with Gasteiger partial charge in [0.1, 0.15) is 11.8 Å². The molecule has 0 saturated carbocycles. The van der Waals surface area contributed by atoms with E-state index in [2.05, 4.69) is 0 Å². The van der Waals surface area contributed by atoms with Crippen LogP contribution >= 0.6 is 0 Å². The van der Waals surface area contributed by atoms with Crippen LogP contribution in [0.5, 0.6) is 5.75 Å². The lowest BCUT2D eigenvalue weighted by Crippen LogP contribution is -2.58. The summed E-state index contributed by atoms with van der Waals surface area (Å²) < 4.78 is 5.57. The highest BCUT2D eigenvalue weighted by Gasteiger charge is 2.43. The molecule has 1 N–H and O–H groups in total. The summed E-state index contributed by atoms with van der Waals surface area (Å²) in [6, 6.07) is 8.19. The fourth-order valence-corrected chi connectivity index (χ4v) is 3.37. The van der Waals surface area contributed by atoms with Crippen LogP contribution in [0.3, 0.4) is 0 Å². The minimum atomic E-state index is -0.686. The molecule has 1 aliphatic heterocycles. The smallest absolute Gasteiger partial charge is 0.410 e. The van der Waals surface area contributed by atoms with E-state index in [1.807, 2.05) is 45.8 Å².